The van der Waals surface area contributed by atoms with Crippen molar-refractivity contribution in [2.24, 2.45) is 0 Å². The molecule has 2 N–H and O–H groups in total. The summed E-state index contributed by atoms with van der Waals surface area (Å²) in [5, 5.41) is 5.68. The number of anilines is 2. The standard InChI is InChI=1S/C27H22N2O3/c30-26(28-23-13-5-2-6-14-23)21-11-7-15-24(17-21)29-27(31)22-12-8-16-25(18-22)32-19-20-9-3-1-4-10-20/h1-18H,19H2,(H,28,30)(H,29,31). The minimum atomic E-state index is -0.282. The zero-order valence-corrected chi connectivity index (χ0v) is 17.3. The van der Waals surface area contributed by atoms with Gasteiger partial charge in [-0.3, -0.25) is 9.59 Å². The summed E-state index contributed by atoms with van der Waals surface area (Å²) in [6, 6.07) is 32.9. The molecular formula is C27H22N2O3. The summed E-state index contributed by atoms with van der Waals surface area (Å²) in [5.41, 5.74) is 3.21. The molecule has 0 heterocycles. The first-order valence-electron chi connectivity index (χ1n) is 10.2. The second kappa shape index (κ2) is 10.1. The molecule has 0 unspecified atom stereocenters. The van der Waals surface area contributed by atoms with Crippen LogP contribution in [0, 0.1) is 0 Å². The smallest absolute Gasteiger partial charge is 0.255 e. The minimum Gasteiger partial charge on any atom is -0.489 e. The normalized spacial score (nSPS) is 10.2. The summed E-state index contributed by atoms with van der Waals surface area (Å²) in [4.78, 5) is 25.3. The minimum absolute atomic E-state index is 0.247. The fourth-order valence-electron chi connectivity index (χ4n) is 3.13. The molecule has 0 saturated carbocycles. The van der Waals surface area contributed by atoms with Crippen molar-refractivity contribution < 1.29 is 14.3 Å². The lowest BCUT2D eigenvalue weighted by Crippen LogP contribution is -2.14. The Morgan fingerprint density at radius 2 is 1.16 bits per heavy atom. The van der Waals surface area contributed by atoms with Gasteiger partial charge in [-0.1, -0.05) is 60.7 Å². The second-order valence-corrected chi connectivity index (χ2v) is 7.16. The van der Waals surface area contributed by atoms with E-state index in [1.54, 1.807) is 42.5 Å². The van der Waals surface area contributed by atoms with Gasteiger partial charge in [0.05, 0.1) is 0 Å². The first kappa shape index (κ1) is 20.9. The van der Waals surface area contributed by atoms with Gasteiger partial charge in [0.15, 0.2) is 0 Å². The van der Waals surface area contributed by atoms with E-state index in [4.69, 9.17) is 4.74 Å². The fourth-order valence-corrected chi connectivity index (χ4v) is 3.13. The van der Waals surface area contributed by atoms with Crippen LogP contribution < -0.4 is 15.4 Å². The average Bonchev–Trinajstić information content (AvgIpc) is 2.84. The van der Waals surface area contributed by atoms with E-state index in [1.807, 2.05) is 66.7 Å². The molecular weight excluding hydrogens is 400 g/mol. The lowest BCUT2D eigenvalue weighted by molar-refractivity contribution is 0.101. The number of carbonyl (C=O) groups is 2. The molecule has 0 radical (unpaired) electrons. The molecule has 4 aromatic rings. The Kier molecular flexibility index (Phi) is 6.58. The van der Waals surface area contributed by atoms with Crippen LogP contribution in [0.1, 0.15) is 26.3 Å². The number of hydrogen-bond donors (Lipinski definition) is 2. The van der Waals surface area contributed by atoms with Crippen molar-refractivity contribution in [1.82, 2.24) is 0 Å². The third kappa shape index (κ3) is 5.61. The van der Waals surface area contributed by atoms with Crippen LogP contribution in [-0.4, -0.2) is 11.8 Å². The summed E-state index contributed by atoms with van der Waals surface area (Å²) in [6.07, 6.45) is 0. The number of amides is 2. The van der Waals surface area contributed by atoms with Gasteiger partial charge in [0.1, 0.15) is 12.4 Å². The molecule has 4 aromatic carbocycles. The Morgan fingerprint density at radius 1 is 0.594 bits per heavy atom. The molecule has 2 amide bonds. The maximum atomic E-state index is 12.7. The van der Waals surface area contributed by atoms with Gasteiger partial charge in [-0.05, 0) is 54.1 Å². The summed E-state index contributed by atoms with van der Waals surface area (Å²) in [7, 11) is 0. The summed E-state index contributed by atoms with van der Waals surface area (Å²) in [5.74, 6) is 0.0804. The maximum absolute atomic E-state index is 12.7. The Morgan fingerprint density at radius 3 is 1.88 bits per heavy atom. The average molecular weight is 422 g/mol. The number of hydrogen-bond acceptors (Lipinski definition) is 3. The number of rotatable bonds is 7. The lowest BCUT2D eigenvalue weighted by Gasteiger charge is -2.10. The van der Waals surface area contributed by atoms with Crippen molar-refractivity contribution in [3.63, 3.8) is 0 Å². The molecule has 0 aliphatic carbocycles. The Hall–Kier alpha value is -4.38. The van der Waals surface area contributed by atoms with E-state index in [0.29, 0.717) is 34.9 Å². The van der Waals surface area contributed by atoms with Crippen LogP contribution in [0.25, 0.3) is 0 Å². The molecule has 0 bridgehead atoms. The number of ether oxygens (including phenoxy) is 1. The van der Waals surface area contributed by atoms with Crippen molar-refractivity contribution in [3.8, 4) is 5.75 Å². The molecule has 0 aromatic heterocycles. The molecule has 0 aliphatic rings. The van der Waals surface area contributed by atoms with Crippen LogP contribution in [0.3, 0.4) is 0 Å². The zero-order chi connectivity index (χ0) is 22.2. The van der Waals surface area contributed by atoms with Crippen molar-refractivity contribution in [1.29, 1.82) is 0 Å². The molecule has 0 spiro atoms. The molecule has 32 heavy (non-hydrogen) atoms. The van der Waals surface area contributed by atoms with E-state index >= 15 is 0 Å². The van der Waals surface area contributed by atoms with Gasteiger partial charge in [0.2, 0.25) is 0 Å². The highest BCUT2D eigenvalue weighted by atomic mass is 16.5. The van der Waals surface area contributed by atoms with Crippen LogP contribution in [0.2, 0.25) is 0 Å². The van der Waals surface area contributed by atoms with Gasteiger partial charge in [-0.2, -0.15) is 0 Å². The van der Waals surface area contributed by atoms with Gasteiger partial charge in [-0.15, -0.1) is 0 Å². The molecule has 158 valence electrons. The van der Waals surface area contributed by atoms with E-state index in [0.717, 1.165) is 5.56 Å². The highest BCUT2D eigenvalue weighted by Gasteiger charge is 2.11. The Balaban J connectivity index is 1.40. The molecule has 0 saturated heterocycles. The van der Waals surface area contributed by atoms with E-state index in [1.165, 1.54) is 0 Å². The SMILES string of the molecule is O=C(Nc1ccccc1)c1cccc(NC(=O)c2cccc(OCc3ccccc3)c2)c1. The van der Waals surface area contributed by atoms with Crippen LogP contribution in [-0.2, 0) is 6.61 Å². The molecule has 0 fully saturated rings. The van der Waals surface area contributed by atoms with Crippen molar-refractivity contribution in [3.05, 3.63) is 126 Å². The van der Waals surface area contributed by atoms with E-state index < -0.39 is 0 Å². The topological polar surface area (TPSA) is 67.4 Å². The van der Waals surface area contributed by atoms with E-state index in [2.05, 4.69) is 10.6 Å². The van der Waals surface area contributed by atoms with Crippen LogP contribution in [0.4, 0.5) is 11.4 Å². The highest BCUT2D eigenvalue weighted by molar-refractivity contribution is 6.07. The second-order valence-electron chi connectivity index (χ2n) is 7.16. The van der Waals surface area contributed by atoms with Crippen LogP contribution in [0.15, 0.2) is 109 Å². The first-order valence-corrected chi connectivity index (χ1v) is 10.2. The Labute approximate surface area is 186 Å². The zero-order valence-electron chi connectivity index (χ0n) is 17.3. The molecule has 5 nitrogen and oxygen atoms in total. The quantitative estimate of drug-likeness (QED) is 0.397. The summed E-state index contributed by atoms with van der Waals surface area (Å²) in [6.45, 7) is 0.421. The lowest BCUT2D eigenvalue weighted by atomic mass is 10.1. The number of para-hydroxylation sites is 1. The van der Waals surface area contributed by atoms with Gasteiger partial charge in [0, 0.05) is 22.5 Å². The molecule has 0 aliphatic heterocycles. The third-order valence-corrected chi connectivity index (χ3v) is 4.76. The van der Waals surface area contributed by atoms with Crippen LogP contribution in [0.5, 0.6) is 5.75 Å². The molecule has 5 heteroatoms. The largest absolute Gasteiger partial charge is 0.489 e. The predicted molar refractivity (Wildman–Crippen MR) is 126 cm³/mol. The van der Waals surface area contributed by atoms with Gasteiger partial charge >= 0.3 is 0 Å². The van der Waals surface area contributed by atoms with Gasteiger partial charge in [-0.25, -0.2) is 0 Å². The molecule has 0 atom stereocenters. The van der Waals surface area contributed by atoms with E-state index in [9.17, 15) is 9.59 Å². The van der Waals surface area contributed by atoms with Crippen molar-refractivity contribution >= 4 is 23.2 Å². The first-order chi connectivity index (χ1) is 15.7. The summed E-state index contributed by atoms with van der Waals surface area (Å²) >= 11 is 0. The van der Waals surface area contributed by atoms with Crippen molar-refractivity contribution in [2.45, 2.75) is 6.61 Å². The van der Waals surface area contributed by atoms with E-state index in [-0.39, 0.29) is 11.8 Å². The Bertz CT molecular complexity index is 1210. The highest BCUT2D eigenvalue weighted by Crippen LogP contribution is 2.18. The summed E-state index contributed by atoms with van der Waals surface area (Å²) < 4.78 is 5.81. The monoisotopic (exact) mass is 422 g/mol. The fraction of sp³-hybridized carbons (Fsp3) is 0.0370. The maximum Gasteiger partial charge on any atom is 0.255 e. The van der Waals surface area contributed by atoms with Crippen LogP contribution >= 0.6 is 0 Å². The van der Waals surface area contributed by atoms with Gasteiger partial charge in [0.25, 0.3) is 11.8 Å². The number of carbonyl (C=O) groups excluding carboxylic acids is 2. The number of nitrogens with one attached hydrogen (secondary N) is 2. The molecule has 4 rings (SSSR count). The van der Waals surface area contributed by atoms with Gasteiger partial charge < -0.3 is 15.4 Å². The number of benzene rings is 4. The predicted octanol–water partition coefficient (Wildman–Crippen LogP) is 5.77. The third-order valence-electron chi connectivity index (χ3n) is 4.76. The van der Waals surface area contributed by atoms with Crippen molar-refractivity contribution in [2.75, 3.05) is 10.6 Å².